The van der Waals surface area contributed by atoms with Crippen molar-refractivity contribution >= 4 is 23.2 Å². The Balaban J connectivity index is 1.73. The van der Waals surface area contributed by atoms with Gasteiger partial charge >= 0.3 is 0 Å². The monoisotopic (exact) mass is 396 g/mol. The van der Waals surface area contributed by atoms with Gasteiger partial charge < -0.3 is 20.3 Å². The summed E-state index contributed by atoms with van der Waals surface area (Å²) in [6.07, 6.45) is 2.50. The summed E-state index contributed by atoms with van der Waals surface area (Å²) in [6, 6.07) is 6.29. The van der Waals surface area contributed by atoms with Crippen molar-refractivity contribution in [2.75, 3.05) is 13.2 Å². The highest BCUT2D eigenvalue weighted by Gasteiger charge is 2.22. The van der Waals surface area contributed by atoms with Crippen molar-refractivity contribution in [3.63, 3.8) is 0 Å². The SMILES string of the molecule is Cc1cc([C@@H](O)[C@@H](N)c2ccc(Cl)c(Cl)c2)cnc1OC1CCOCC1. The zero-order chi connectivity index (χ0) is 18.7. The molecule has 2 aromatic rings. The van der Waals surface area contributed by atoms with Crippen LogP contribution >= 0.6 is 23.2 Å². The zero-order valence-electron chi connectivity index (χ0n) is 14.5. The van der Waals surface area contributed by atoms with E-state index in [1.807, 2.05) is 13.0 Å². The molecule has 26 heavy (non-hydrogen) atoms. The first-order chi connectivity index (χ1) is 12.5. The van der Waals surface area contributed by atoms with Gasteiger partial charge in [0.05, 0.1) is 35.4 Å². The fraction of sp³-hybridized carbons (Fsp3) is 0.421. The van der Waals surface area contributed by atoms with E-state index in [2.05, 4.69) is 4.98 Å². The maximum absolute atomic E-state index is 10.6. The maximum atomic E-state index is 10.6. The van der Waals surface area contributed by atoms with Gasteiger partial charge in [-0.15, -0.1) is 0 Å². The van der Waals surface area contributed by atoms with Crippen molar-refractivity contribution in [1.82, 2.24) is 4.98 Å². The van der Waals surface area contributed by atoms with Crippen LogP contribution in [0.5, 0.6) is 5.88 Å². The van der Waals surface area contributed by atoms with E-state index in [4.69, 9.17) is 38.4 Å². The molecule has 2 heterocycles. The second-order valence-electron chi connectivity index (χ2n) is 6.46. The Kier molecular flexibility index (Phi) is 6.37. The summed E-state index contributed by atoms with van der Waals surface area (Å²) in [5.41, 5.74) is 8.38. The average Bonchev–Trinajstić information content (AvgIpc) is 2.65. The molecule has 3 rings (SSSR count). The highest BCUT2D eigenvalue weighted by Crippen LogP contribution is 2.32. The third kappa shape index (κ3) is 4.48. The first-order valence-electron chi connectivity index (χ1n) is 8.55. The summed E-state index contributed by atoms with van der Waals surface area (Å²) in [5.74, 6) is 0.580. The first-order valence-corrected chi connectivity index (χ1v) is 9.31. The molecule has 1 aromatic carbocycles. The number of aliphatic hydroxyl groups excluding tert-OH is 1. The van der Waals surface area contributed by atoms with E-state index in [-0.39, 0.29) is 6.10 Å². The van der Waals surface area contributed by atoms with Crippen molar-refractivity contribution in [3.8, 4) is 5.88 Å². The molecule has 1 fully saturated rings. The van der Waals surface area contributed by atoms with Crippen LogP contribution < -0.4 is 10.5 Å². The van der Waals surface area contributed by atoms with Gasteiger partial charge in [-0.05, 0) is 30.7 Å². The van der Waals surface area contributed by atoms with E-state index in [0.717, 1.165) is 18.4 Å². The molecule has 0 saturated carbocycles. The molecule has 0 bridgehead atoms. The summed E-state index contributed by atoms with van der Waals surface area (Å²) in [6.45, 7) is 3.32. The summed E-state index contributed by atoms with van der Waals surface area (Å²) in [7, 11) is 0. The number of aryl methyl sites for hydroxylation is 1. The number of hydrogen-bond acceptors (Lipinski definition) is 5. The predicted octanol–water partition coefficient (Wildman–Crippen LogP) is 3.99. The van der Waals surface area contributed by atoms with Crippen LogP contribution in [0.1, 0.15) is 41.7 Å². The Bertz CT molecular complexity index is 766. The Morgan fingerprint density at radius 2 is 1.92 bits per heavy atom. The lowest BCUT2D eigenvalue weighted by Crippen LogP contribution is -2.26. The number of ether oxygens (including phenoxy) is 2. The number of nitrogens with zero attached hydrogens (tertiary/aromatic N) is 1. The topological polar surface area (TPSA) is 77.6 Å². The van der Waals surface area contributed by atoms with Crippen LogP contribution in [0.3, 0.4) is 0 Å². The lowest BCUT2D eigenvalue weighted by atomic mass is 9.97. The highest BCUT2D eigenvalue weighted by molar-refractivity contribution is 6.42. The minimum absolute atomic E-state index is 0.115. The number of rotatable bonds is 5. The van der Waals surface area contributed by atoms with Gasteiger partial charge in [0.15, 0.2) is 0 Å². The molecule has 1 aromatic heterocycles. The number of aliphatic hydroxyl groups is 1. The van der Waals surface area contributed by atoms with Crippen LogP contribution in [0.25, 0.3) is 0 Å². The third-order valence-corrected chi connectivity index (χ3v) is 5.25. The predicted molar refractivity (Wildman–Crippen MR) is 102 cm³/mol. The fourth-order valence-electron chi connectivity index (χ4n) is 2.93. The number of halogens is 2. The normalized spacial score (nSPS) is 17.7. The van der Waals surface area contributed by atoms with Crippen molar-refractivity contribution in [1.29, 1.82) is 0 Å². The van der Waals surface area contributed by atoms with Crippen molar-refractivity contribution in [2.24, 2.45) is 5.73 Å². The Morgan fingerprint density at radius 1 is 1.19 bits per heavy atom. The van der Waals surface area contributed by atoms with Crippen LogP contribution in [0.4, 0.5) is 0 Å². The molecule has 0 aliphatic carbocycles. The molecule has 1 aliphatic rings. The van der Waals surface area contributed by atoms with Gasteiger partial charge in [-0.1, -0.05) is 29.3 Å². The third-order valence-electron chi connectivity index (χ3n) is 4.51. The first kappa shape index (κ1) is 19.4. The molecule has 0 spiro atoms. The lowest BCUT2D eigenvalue weighted by Gasteiger charge is -2.24. The fourth-order valence-corrected chi connectivity index (χ4v) is 3.24. The number of pyridine rings is 1. The molecule has 2 atom stereocenters. The van der Waals surface area contributed by atoms with E-state index >= 15 is 0 Å². The standard InChI is InChI=1S/C19H22Cl2N2O3/c1-11-8-13(10-23-19(11)26-14-4-6-25-7-5-14)18(24)17(22)12-2-3-15(20)16(21)9-12/h2-3,8-10,14,17-18,24H,4-7,22H2,1H3/t17-,18+/m0/s1. The molecule has 0 radical (unpaired) electrons. The Morgan fingerprint density at radius 3 is 2.58 bits per heavy atom. The summed E-state index contributed by atoms with van der Waals surface area (Å²) in [5, 5.41) is 11.5. The summed E-state index contributed by atoms with van der Waals surface area (Å²) < 4.78 is 11.3. The van der Waals surface area contributed by atoms with E-state index in [1.165, 1.54) is 0 Å². The van der Waals surface area contributed by atoms with Gasteiger partial charge in [0.2, 0.25) is 5.88 Å². The van der Waals surface area contributed by atoms with Gasteiger partial charge in [-0.3, -0.25) is 0 Å². The van der Waals surface area contributed by atoms with Crippen LogP contribution in [0.2, 0.25) is 10.0 Å². The highest BCUT2D eigenvalue weighted by atomic mass is 35.5. The Labute approximate surface area is 163 Å². The van der Waals surface area contributed by atoms with Gasteiger partial charge in [-0.25, -0.2) is 4.98 Å². The molecule has 0 unspecified atom stereocenters. The number of hydrogen-bond donors (Lipinski definition) is 2. The maximum Gasteiger partial charge on any atom is 0.216 e. The van der Waals surface area contributed by atoms with Gasteiger partial charge in [0.25, 0.3) is 0 Å². The molecule has 140 valence electrons. The van der Waals surface area contributed by atoms with E-state index in [9.17, 15) is 5.11 Å². The van der Waals surface area contributed by atoms with Gasteiger partial charge in [-0.2, -0.15) is 0 Å². The molecular weight excluding hydrogens is 375 g/mol. The largest absolute Gasteiger partial charge is 0.474 e. The average molecular weight is 397 g/mol. The van der Waals surface area contributed by atoms with Crippen LogP contribution in [-0.2, 0) is 4.74 Å². The van der Waals surface area contributed by atoms with Crippen molar-refractivity contribution in [2.45, 2.75) is 38.0 Å². The molecular formula is C19H22Cl2N2O3. The molecule has 3 N–H and O–H groups in total. The summed E-state index contributed by atoms with van der Waals surface area (Å²) in [4.78, 5) is 4.38. The zero-order valence-corrected chi connectivity index (χ0v) is 16.0. The molecule has 5 nitrogen and oxygen atoms in total. The molecule has 0 amide bonds. The van der Waals surface area contributed by atoms with E-state index in [1.54, 1.807) is 24.4 Å². The number of benzene rings is 1. The smallest absolute Gasteiger partial charge is 0.216 e. The molecule has 7 heteroatoms. The van der Waals surface area contributed by atoms with E-state index < -0.39 is 12.1 Å². The Hall–Kier alpha value is -1.37. The number of nitrogens with two attached hydrogens (primary N) is 1. The second-order valence-corrected chi connectivity index (χ2v) is 7.28. The second kappa shape index (κ2) is 8.55. The van der Waals surface area contributed by atoms with E-state index in [0.29, 0.717) is 40.3 Å². The van der Waals surface area contributed by atoms with Crippen molar-refractivity contribution < 1.29 is 14.6 Å². The van der Waals surface area contributed by atoms with Crippen LogP contribution in [0, 0.1) is 6.92 Å². The number of aromatic nitrogens is 1. The molecule has 1 aliphatic heterocycles. The quantitative estimate of drug-likeness (QED) is 0.798. The molecule has 1 saturated heterocycles. The lowest BCUT2D eigenvalue weighted by molar-refractivity contribution is 0.0234. The minimum atomic E-state index is -0.921. The van der Waals surface area contributed by atoms with Crippen LogP contribution in [-0.4, -0.2) is 29.4 Å². The minimum Gasteiger partial charge on any atom is -0.474 e. The summed E-state index contributed by atoms with van der Waals surface area (Å²) >= 11 is 12.0. The van der Waals surface area contributed by atoms with Gasteiger partial charge in [0, 0.05) is 30.2 Å². The van der Waals surface area contributed by atoms with Crippen LogP contribution in [0.15, 0.2) is 30.5 Å². The van der Waals surface area contributed by atoms with Gasteiger partial charge in [0.1, 0.15) is 6.10 Å². The van der Waals surface area contributed by atoms with Crippen molar-refractivity contribution in [3.05, 3.63) is 57.2 Å².